The number of rotatable bonds is 1. The SMILES string of the molecule is CC.O=C1CSC(=S)N1C1CCCCC1. The minimum absolute atomic E-state index is 0.224. The predicted molar refractivity (Wildman–Crippen MR) is 70.1 cm³/mol. The molecule has 0 spiro atoms. The first-order valence-electron chi connectivity index (χ1n) is 5.78. The number of carbonyl (C=O) groups is 1. The molecule has 1 aliphatic heterocycles. The number of hydrogen-bond donors (Lipinski definition) is 0. The molecular formula is C11H19NOS2. The molecule has 0 aromatic rings. The quantitative estimate of drug-likeness (QED) is 0.662. The van der Waals surface area contributed by atoms with Gasteiger partial charge in [0.25, 0.3) is 0 Å². The molecular weight excluding hydrogens is 226 g/mol. The molecule has 0 radical (unpaired) electrons. The van der Waals surface area contributed by atoms with Gasteiger partial charge in [-0.25, -0.2) is 0 Å². The summed E-state index contributed by atoms with van der Waals surface area (Å²) in [6, 6.07) is 0.420. The molecule has 1 heterocycles. The highest BCUT2D eigenvalue weighted by atomic mass is 32.2. The van der Waals surface area contributed by atoms with E-state index in [4.69, 9.17) is 12.2 Å². The zero-order valence-corrected chi connectivity index (χ0v) is 11.1. The second-order valence-electron chi connectivity index (χ2n) is 3.61. The van der Waals surface area contributed by atoms with Gasteiger partial charge in [0, 0.05) is 6.04 Å². The van der Waals surface area contributed by atoms with Crippen LogP contribution in [0.4, 0.5) is 0 Å². The average molecular weight is 245 g/mol. The summed E-state index contributed by atoms with van der Waals surface area (Å²) >= 11 is 6.68. The van der Waals surface area contributed by atoms with Crippen LogP contribution in [0.2, 0.25) is 0 Å². The van der Waals surface area contributed by atoms with Crippen molar-refractivity contribution in [2.75, 3.05) is 5.75 Å². The largest absolute Gasteiger partial charge is 0.294 e. The van der Waals surface area contributed by atoms with E-state index >= 15 is 0 Å². The van der Waals surface area contributed by atoms with Crippen LogP contribution in [0.3, 0.4) is 0 Å². The first-order chi connectivity index (χ1) is 7.29. The number of amides is 1. The molecule has 0 aromatic carbocycles. The van der Waals surface area contributed by atoms with Gasteiger partial charge in [0.15, 0.2) is 0 Å². The summed E-state index contributed by atoms with van der Waals surface area (Å²) in [7, 11) is 0. The van der Waals surface area contributed by atoms with E-state index in [9.17, 15) is 4.79 Å². The number of nitrogens with zero attached hydrogens (tertiary/aromatic N) is 1. The molecule has 1 saturated heterocycles. The van der Waals surface area contributed by atoms with Gasteiger partial charge >= 0.3 is 0 Å². The van der Waals surface area contributed by atoms with Gasteiger partial charge in [-0.3, -0.25) is 9.69 Å². The third-order valence-corrected chi connectivity index (χ3v) is 4.11. The smallest absolute Gasteiger partial charge is 0.238 e. The highest BCUT2D eigenvalue weighted by Gasteiger charge is 2.33. The third-order valence-electron chi connectivity index (χ3n) is 2.72. The molecule has 0 aromatic heterocycles. The first kappa shape index (κ1) is 13.0. The van der Waals surface area contributed by atoms with Gasteiger partial charge in [-0.15, -0.1) is 0 Å². The van der Waals surface area contributed by atoms with Crippen LogP contribution in [0.5, 0.6) is 0 Å². The van der Waals surface area contributed by atoms with Gasteiger partial charge in [0.05, 0.1) is 5.75 Å². The van der Waals surface area contributed by atoms with E-state index in [1.807, 2.05) is 18.7 Å². The standard InChI is InChI=1S/C9H13NOS2.C2H6/c11-8-6-13-9(12)10(8)7-4-2-1-3-5-7;1-2/h7H,1-6H2;1-2H3. The van der Waals surface area contributed by atoms with E-state index in [-0.39, 0.29) is 5.91 Å². The summed E-state index contributed by atoms with van der Waals surface area (Å²) < 4.78 is 0.803. The van der Waals surface area contributed by atoms with Crippen molar-refractivity contribution in [2.45, 2.75) is 52.0 Å². The molecule has 1 saturated carbocycles. The van der Waals surface area contributed by atoms with Crippen molar-refractivity contribution >= 4 is 34.2 Å². The zero-order valence-electron chi connectivity index (χ0n) is 9.49. The van der Waals surface area contributed by atoms with Crippen molar-refractivity contribution in [3.8, 4) is 0 Å². The van der Waals surface area contributed by atoms with Crippen LogP contribution in [-0.4, -0.2) is 26.9 Å². The van der Waals surface area contributed by atoms with E-state index in [1.54, 1.807) is 0 Å². The first-order valence-corrected chi connectivity index (χ1v) is 7.17. The Kier molecular flexibility index (Phi) is 5.61. The minimum Gasteiger partial charge on any atom is -0.294 e. The molecule has 0 N–H and O–H groups in total. The zero-order chi connectivity index (χ0) is 11.3. The fourth-order valence-electron chi connectivity index (χ4n) is 2.06. The average Bonchev–Trinajstić information content (AvgIpc) is 2.63. The summed E-state index contributed by atoms with van der Waals surface area (Å²) in [4.78, 5) is 13.4. The fourth-order valence-corrected chi connectivity index (χ4v) is 3.26. The van der Waals surface area contributed by atoms with Crippen molar-refractivity contribution in [2.24, 2.45) is 0 Å². The van der Waals surface area contributed by atoms with Gasteiger partial charge in [0.2, 0.25) is 5.91 Å². The van der Waals surface area contributed by atoms with E-state index in [1.165, 1.54) is 31.0 Å². The molecule has 15 heavy (non-hydrogen) atoms. The molecule has 86 valence electrons. The summed E-state index contributed by atoms with van der Waals surface area (Å²) in [5.74, 6) is 0.789. The maximum absolute atomic E-state index is 11.5. The highest BCUT2D eigenvalue weighted by molar-refractivity contribution is 8.23. The van der Waals surface area contributed by atoms with Crippen LogP contribution >= 0.6 is 24.0 Å². The Morgan fingerprint density at radius 3 is 2.33 bits per heavy atom. The Balaban J connectivity index is 0.000000531. The molecule has 2 fully saturated rings. The molecule has 0 unspecified atom stereocenters. The number of carbonyl (C=O) groups excluding carboxylic acids is 1. The summed E-state index contributed by atoms with van der Waals surface area (Å²) in [6.45, 7) is 4.00. The maximum atomic E-state index is 11.5. The lowest BCUT2D eigenvalue weighted by atomic mass is 9.94. The highest BCUT2D eigenvalue weighted by Crippen LogP contribution is 2.29. The van der Waals surface area contributed by atoms with Gasteiger partial charge in [0.1, 0.15) is 4.32 Å². The van der Waals surface area contributed by atoms with Crippen LogP contribution in [-0.2, 0) is 4.79 Å². The number of hydrogen-bond acceptors (Lipinski definition) is 3. The monoisotopic (exact) mass is 245 g/mol. The van der Waals surface area contributed by atoms with Crippen LogP contribution < -0.4 is 0 Å². The maximum Gasteiger partial charge on any atom is 0.238 e. The lowest BCUT2D eigenvalue weighted by molar-refractivity contribution is -0.125. The Morgan fingerprint density at radius 2 is 1.87 bits per heavy atom. The Morgan fingerprint density at radius 1 is 1.27 bits per heavy atom. The van der Waals surface area contributed by atoms with Crippen LogP contribution in [0.1, 0.15) is 46.0 Å². The Hall–Kier alpha value is -0.0900. The van der Waals surface area contributed by atoms with Crippen LogP contribution in [0.15, 0.2) is 0 Å². The lowest BCUT2D eigenvalue weighted by Gasteiger charge is -2.30. The molecule has 0 atom stereocenters. The third kappa shape index (κ3) is 3.18. The molecule has 2 rings (SSSR count). The molecule has 1 aliphatic carbocycles. The number of thiocarbonyl (C=S) groups is 1. The normalized spacial score (nSPS) is 22.7. The molecule has 2 aliphatic rings. The Bertz CT molecular complexity index is 221. The van der Waals surface area contributed by atoms with Crippen molar-refractivity contribution in [1.82, 2.24) is 4.90 Å². The lowest BCUT2D eigenvalue weighted by Crippen LogP contribution is -2.39. The Labute approximate surface area is 102 Å². The van der Waals surface area contributed by atoms with Crippen molar-refractivity contribution in [1.29, 1.82) is 0 Å². The van der Waals surface area contributed by atoms with Crippen LogP contribution in [0.25, 0.3) is 0 Å². The van der Waals surface area contributed by atoms with Crippen LogP contribution in [0, 0.1) is 0 Å². The summed E-state index contributed by atoms with van der Waals surface area (Å²) in [5, 5.41) is 0. The van der Waals surface area contributed by atoms with Crippen molar-refractivity contribution in [3.63, 3.8) is 0 Å². The van der Waals surface area contributed by atoms with Crippen molar-refractivity contribution in [3.05, 3.63) is 0 Å². The van der Waals surface area contributed by atoms with E-state index in [0.717, 1.165) is 17.2 Å². The van der Waals surface area contributed by atoms with E-state index < -0.39 is 0 Å². The molecule has 2 nitrogen and oxygen atoms in total. The van der Waals surface area contributed by atoms with Gasteiger partial charge in [-0.2, -0.15) is 0 Å². The second kappa shape index (κ2) is 6.48. The van der Waals surface area contributed by atoms with Gasteiger partial charge in [-0.05, 0) is 12.8 Å². The van der Waals surface area contributed by atoms with Crippen molar-refractivity contribution < 1.29 is 4.79 Å². The van der Waals surface area contributed by atoms with E-state index in [0.29, 0.717) is 11.8 Å². The molecule has 0 bridgehead atoms. The topological polar surface area (TPSA) is 20.3 Å². The van der Waals surface area contributed by atoms with Gasteiger partial charge < -0.3 is 0 Å². The van der Waals surface area contributed by atoms with Gasteiger partial charge in [-0.1, -0.05) is 57.1 Å². The minimum atomic E-state index is 0.224. The number of thioether (sulfide) groups is 1. The predicted octanol–water partition coefficient (Wildman–Crippen LogP) is 3.21. The summed E-state index contributed by atoms with van der Waals surface area (Å²) in [5.41, 5.74) is 0. The molecule has 1 amide bonds. The fraction of sp³-hybridized carbons (Fsp3) is 0.818. The molecule has 4 heteroatoms. The second-order valence-corrected chi connectivity index (χ2v) is 5.22. The van der Waals surface area contributed by atoms with E-state index in [2.05, 4.69) is 0 Å². The summed E-state index contributed by atoms with van der Waals surface area (Å²) in [6.07, 6.45) is 6.11.